The number of anilines is 2. The van der Waals surface area contributed by atoms with Gasteiger partial charge in [0.05, 0.1) is 42.5 Å². The Balaban J connectivity index is 1.64. The minimum absolute atomic E-state index is 0.0583. The van der Waals surface area contributed by atoms with Gasteiger partial charge in [0.15, 0.2) is 0 Å². The quantitative estimate of drug-likeness (QED) is 0.640. The van der Waals surface area contributed by atoms with Gasteiger partial charge in [0.1, 0.15) is 0 Å². The van der Waals surface area contributed by atoms with Gasteiger partial charge in [0.25, 0.3) is 0 Å². The molecule has 0 unspecified atom stereocenters. The van der Waals surface area contributed by atoms with E-state index in [0.29, 0.717) is 24.5 Å². The van der Waals surface area contributed by atoms with Gasteiger partial charge in [-0.05, 0) is 51.3 Å². The number of amides is 2. The normalized spacial score (nSPS) is 18.2. The van der Waals surface area contributed by atoms with E-state index in [9.17, 15) is 18.0 Å². The van der Waals surface area contributed by atoms with Crippen LogP contribution >= 0.6 is 0 Å². The highest BCUT2D eigenvalue weighted by atomic mass is 32.2. The molecule has 0 bridgehead atoms. The van der Waals surface area contributed by atoms with E-state index < -0.39 is 16.1 Å². The van der Waals surface area contributed by atoms with Crippen molar-refractivity contribution in [2.45, 2.75) is 52.3 Å². The molecule has 4 rings (SSSR count). The summed E-state index contributed by atoms with van der Waals surface area (Å²) in [6.07, 6.45) is 5.73. The lowest BCUT2D eigenvalue weighted by Gasteiger charge is -2.41. The van der Waals surface area contributed by atoms with Crippen LogP contribution in [0.25, 0.3) is 11.1 Å². The number of aromatic nitrogens is 2. The third-order valence-electron chi connectivity index (χ3n) is 5.81. The topological polar surface area (TPSA) is 114 Å². The summed E-state index contributed by atoms with van der Waals surface area (Å²) in [7, 11) is -3.26. The largest absolute Gasteiger partial charge is 0.446 e. The van der Waals surface area contributed by atoms with Crippen LogP contribution in [0.5, 0.6) is 0 Å². The summed E-state index contributed by atoms with van der Waals surface area (Å²) in [5.41, 5.74) is 2.97. The molecular weight excluding hydrogens is 458 g/mol. The highest BCUT2D eigenvalue weighted by Gasteiger charge is 2.41. The van der Waals surface area contributed by atoms with Gasteiger partial charge in [0, 0.05) is 30.8 Å². The van der Waals surface area contributed by atoms with Crippen molar-refractivity contribution in [1.29, 1.82) is 0 Å². The lowest BCUT2D eigenvalue weighted by atomic mass is 10.0. The van der Waals surface area contributed by atoms with Crippen molar-refractivity contribution in [2.24, 2.45) is 5.92 Å². The molecule has 1 aliphatic carbocycles. The third kappa shape index (κ3) is 5.41. The molecule has 0 spiro atoms. The molecule has 1 N–H and O–H groups in total. The Morgan fingerprint density at radius 1 is 1.21 bits per heavy atom. The maximum absolute atomic E-state index is 13.0. The number of carbonyl (C=O) groups excluding carboxylic acids is 2. The average molecular weight is 490 g/mol. The first kappa shape index (κ1) is 24.2. The van der Waals surface area contributed by atoms with E-state index in [-0.39, 0.29) is 30.5 Å². The molecular formula is C23H31N5O5S. The van der Waals surface area contributed by atoms with E-state index in [1.165, 1.54) is 0 Å². The van der Waals surface area contributed by atoms with Crippen LogP contribution < -0.4 is 14.5 Å². The van der Waals surface area contributed by atoms with Crippen LogP contribution in [0.4, 0.5) is 16.2 Å². The highest BCUT2D eigenvalue weighted by molar-refractivity contribution is 7.88. The smallest absolute Gasteiger partial charge is 0.414 e. The van der Waals surface area contributed by atoms with E-state index in [1.807, 2.05) is 36.2 Å². The van der Waals surface area contributed by atoms with E-state index in [2.05, 4.69) is 9.82 Å². The Morgan fingerprint density at radius 3 is 2.59 bits per heavy atom. The number of carbonyl (C=O) groups is 2. The molecule has 1 atom stereocenters. The second-order valence-corrected chi connectivity index (χ2v) is 11.1. The lowest BCUT2D eigenvalue weighted by molar-refractivity contribution is -0.120. The van der Waals surface area contributed by atoms with Crippen molar-refractivity contribution >= 4 is 33.4 Å². The summed E-state index contributed by atoms with van der Waals surface area (Å²) in [4.78, 5) is 29.4. The molecule has 2 amide bonds. The molecule has 1 aromatic heterocycles. The van der Waals surface area contributed by atoms with E-state index in [4.69, 9.17) is 4.74 Å². The van der Waals surface area contributed by atoms with Gasteiger partial charge < -0.3 is 9.64 Å². The van der Waals surface area contributed by atoms with E-state index in [1.54, 1.807) is 29.6 Å². The average Bonchev–Trinajstić information content (AvgIpc) is 3.50. The molecule has 0 radical (unpaired) electrons. The summed E-state index contributed by atoms with van der Waals surface area (Å²) < 4.78 is 32.1. The summed E-state index contributed by atoms with van der Waals surface area (Å²) in [6, 6.07) is 5.49. The second kappa shape index (κ2) is 9.38. The number of hydrogen-bond acceptors (Lipinski definition) is 6. The summed E-state index contributed by atoms with van der Waals surface area (Å²) in [6.45, 7) is 6.51. The van der Waals surface area contributed by atoms with Crippen molar-refractivity contribution in [3.05, 3.63) is 30.6 Å². The SMILES string of the molecule is CC(C)OC(=O)N1C[C@H](C)N(C(=O)C2CC2)c2ccc(-c3cnn(CCNS(C)(=O)=O)c3)cc21. The third-order valence-corrected chi connectivity index (χ3v) is 6.53. The number of nitrogens with zero attached hydrogens (tertiary/aromatic N) is 4. The van der Waals surface area contributed by atoms with Crippen molar-refractivity contribution in [2.75, 3.05) is 29.1 Å². The Kier molecular flexibility index (Phi) is 6.68. The Bertz CT molecular complexity index is 1190. The fraction of sp³-hybridized carbons (Fsp3) is 0.522. The fourth-order valence-corrected chi connectivity index (χ4v) is 4.55. The standard InChI is InChI=1S/C23H31N5O5S/c1-15(2)33-23(30)27-13-16(3)28(22(29)17-5-6-17)20-8-7-18(11-21(20)27)19-12-24-26(14-19)10-9-25-34(4,31)32/h7-8,11-12,14-17,25H,5-6,9-10,13H2,1-4H3/t16-/m0/s1. The highest BCUT2D eigenvalue weighted by Crippen LogP contribution is 2.42. The van der Waals surface area contributed by atoms with E-state index in [0.717, 1.165) is 30.2 Å². The van der Waals surface area contributed by atoms with E-state index >= 15 is 0 Å². The van der Waals surface area contributed by atoms with Gasteiger partial charge in [-0.1, -0.05) is 6.07 Å². The minimum atomic E-state index is -3.26. The summed E-state index contributed by atoms with van der Waals surface area (Å²) >= 11 is 0. The monoisotopic (exact) mass is 489 g/mol. The second-order valence-electron chi connectivity index (χ2n) is 9.24. The molecule has 184 valence electrons. The van der Waals surface area contributed by atoms with Crippen molar-refractivity contribution in [1.82, 2.24) is 14.5 Å². The predicted octanol–water partition coefficient (Wildman–Crippen LogP) is 2.60. The molecule has 1 aromatic carbocycles. The number of rotatable bonds is 7. The van der Waals surface area contributed by atoms with Gasteiger partial charge >= 0.3 is 6.09 Å². The number of benzene rings is 1. The molecule has 1 aliphatic heterocycles. The molecule has 1 saturated carbocycles. The molecule has 34 heavy (non-hydrogen) atoms. The number of nitrogens with one attached hydrogen (secondary N) is 1. The molecule has 2 aliphatic rings. The maximum Gasteiger partial charge on any atom is 0.414 e. The first-order valence-corrected chi connectivity index (χ1v) is 13.4. The van der Waals surface area contributed by atoms with Gasteiger partial charge in [-0.15, -0.1) is 0 Å². The molecule has 2 heterocycles. The van der Waals surface area contributed by atoms with Crippen LogP contribution in [0, 0.1) is 5.92 Å². The zero-order chi connectivity index (χ0) is 24.6. The maximum atomic E-state index is 13.0. The molecule has 0 saturated heterocycles. The number of sulfonamides is 1. The van der Waals surface area contributed by atoms with Crippen molar-refractivity contribution < 1.29 is 22.7 Å². The number of hydrogen-bond donors (Lipinski definition) is 1. The number of fused-ring (bicyclic) bond motifs is 1. The zero-order valence-electron chi connectivity index (χ0n) is 19.9. The molecule has 10 nitrogen and oxygen atoms in total. The van der Waals surface area contributed by atoms with Gasteiger partial charge in [-0.25, -0.2) is 17.9 Å². The summed E-state index contributed by atoms with van der Waals surface area (Å²) in [5.74, 6) is 0.160. The molecule has 11 heteroatoms. The van der Waals surface area contributed by atoms with Gasteiger partial charge in [0.2, 0.25) is 15.9 Å². The molecule has 1 fully saturated rings. The Morgan fingerprint density at radius 2 is 1.94 bits per heavy atom. The molecule has 2 aromatic rings. The first-order valence-electron chi connectivity index (χ1n) is 11.5. The van der Waals surface area contributed by atoms with Crippen LogP contribution in [0.1, 0.15) is 33.6 Å². The van der Waals surface area contributed by atoms with Crippen molar-refractivity contribution in [3.8, 4) is 11.1 Å². The van der Waals surface area contributed by atoms with Crippen LogP contribution in [0.2, 0.25) is 0 Å². The Labute approximate surface area is 199 Å². The van der Waals surface area contributed by atoms with Crippen LogP contribution in [-0.4, -0.2) is 61.7 Å². The van der Waals surface area contributed by atoms with Crippen LogP contribution in [0.3, 0.4) is 0 Å². The van der Waals surface area contributed by atoms with Crippen LogP contribution in [0.15, 0.2) is 30.6 Å². The van der Waals surface area contributed by atoms with Crippen molar-refractivity contribution in [3.63, 3.8) is 0 Å². The van der Waals surface area contributed by atoms with Crippen LogP contribution in [-0.2, 0) is 26.1 Å². The minimum Gasteiger partial charge on any atom is -0.446 e. The first-order chi connectivity index (χ1) is 16.0. The summed E-state index contributed by atoms with van der Waals surface area (Å²) in [5, 5.41) is 4.32. The van der Waals surface area contributed by atoms with Gasteiger partial charge in [-0.2, -0.15) is 5.10 Å². The zero-order valence-corrected chi connectivity index (χ0v) is 20.7. The number of ether oxygens (including phenoxy) is 1. The fourth-order valence-electron chi connectivity index (χ4n) is 4.09. The predicted molar refractivity (Wildman–Crippen MR) is 129 cm³/mol. The Hall–Kier alpha value is -2.92. The van der Waals surface area contributed by atoms with Gasteiger partial charge in [-0.3, -0.25) is 14.4 Å². The lowest BCUT2D eigenvalue weighted by Crippen LogP contribution is -2.52.